The summed E-state index contributed by atoms with van der Waals surface area (Å²) in [5, 5.41) is 10.5. The topological polar surface area (TPSA) is 90.4 Å². The zero-order chi connectivity index (χ0) is 32.0. The molecule has 234 valence electrons. The van der Waals surface area contributed by atoms with Crippen LogP contribution < -0.4 is 9.80 Å². The van der Waals surface area contributed by atoms with Gasteiger partial charge in [0.1, 0.15) is 11.6 Å². The van der Waals surface area contributed by atoms with Crippen LogP contribution in [0.15, 0.2) is 73.8 Å². The first-order valence-electron chi connectivity index (χ1n) is 15.6. The molecule has 0 aromatic heterocycles. The number of ether oxygens (including phenoxy) is 1. The summed E-state index contributed by atoms with van der Waals surface area (Å²) in [7, 11) is 0. The number of aryl methyl sites for hydroxylation is 2. The van der Waals surface area contributed by atoms with Gasteiger partial charge in [-0.15, -0.1) is 13.2 Å². The van der Waals surface area contributed by atoms with Crippen LogP contribution in [-0.2, 0) is 19.1 Å². The van der Waals surface area contributed by atoms with Gasteiger partial charge in [-0.25, -0.2) is 0 Å². The average molecular weight is 600 g/mol. The minimum Gasteiger partial charge on any atom is -0.394 e. The normalized spacial score (nSPS) is 29.3. The van der Waals surface area contributed by atoms with Crippen LogP contribution in [0.25, 0.3) is 0 Å². The number of aliphatic hydroxyl groups is 1. The van der Waals surface area contributed by atoms with Crippen molar-refractivity contribution in [1.29, 1.82) is 0 Å². The van der Waals surface area contributed by atoms with E-state index in [1.54, 1.807) is 26.9 Å². The summed E-state index contributed by atoms with van der Waals surface area (Å²) in [5.74, 6) is -2.66. The van der Waals surface area contributed by atoms with Gasteiger partial charge in [0.2, 0.25) is 11.8 Å². The molecule has 0 aliphatic carbocycles. The molecule has 2 bridgehead atoms. The number of hydrogen-bond acceptors (Lipinski definition) is 5. The third kappa shape index (κ3) is 4.70. The first kappa shape index (κ1) is 31.7. The lowest BCUT2D eigenvalue weighted by atomic mass is 9.62. The van der Waals surface area contributed by atoms with Crippen molar-refractivity contribution >= 4 is 29.1 Å². The fourth-order valence-electron chi connectivity index (χ4n) is 7.96. The molecule has 3 heterocycles. The highest BCUT2D eigenvalue weighted by atomic mass is 16.5. The minimum absolute atomic E-state index is 0.111. The van der Waals surface area contributed by atoms with Gasteiger partial charge in [0.05, 0.1) is 30.1 Å². The van der Waals surface area contributed by atoms with Gasteiger partial charge in [-0.3, -0.25) is 14.4 Å². The molecule has 8 heteroatoms. The monoisotopic (exact) mass is 599 g/mol. The van der Waals surface area contributed by atoms with E-state index in [1.165, 1.54) is 0 Å². The summed E-state index contributed by atoms with van der Waals surface area (Å²) in [6.07, 6.45) is 4.24. The second-order valence-electron chi connectivity index (χ2n) is 12.8. The largest absolute Gasteiger partial charge is 0.394 e. The van der Waals surface area contributed by atoms with Crippen LogP contribution in [0.1, 0.15) is 44.7 Å². The first-order valence-corrected chi connectivity index (χ1v) is 15.6. The molecule has 3 aliphatic rings. The number of amides is 3. The standard InChI is InChI=1S/C36H45N3O5/c1-8-18-37(27-14-12-11-13-15-27)32(41)29-30-33(42)39(26(10-3)22-40)31(36(30)21-25(6)35(29,7)44-36)34(43)38(19-9-2)28-20-23(4)16-17-24(28)5/h8-9,11-17,20,25-26,29-31,40H,1-2,10,18-19,21-22H2,3-7H3/t25?,26-,29-,30-,31?,35+,36?/m0/s1. The second kappa shape index (κ2) is 12.0. The first-order chi connectivity index (χ1) is 21.0. The molecule has 3 saturated heterocycles. The Morgan fingerprint density at radius 2 is 1.75 bits per heavy atom. The number of hydrogen-bond donors (Lipinski definition) is 1. The minimum atomic E-state index is -1.24. The van der Waals surface area contributed by atoms with E-state index in [9.17, 15) is 19.5 Å². The lowest BCUT2D eigenvalue weighted by Crippen LogP contribution is -2.59. The summed E-state index contributed by atoms with van der Waals surface area (Å²) in [6, 6.07) is 13.7. The Kier molecular flexibility index (Phi) is 8.62. The van der Waals surface area contributed by atoms with Gasteiger partial charge in [-0.2, -0.15) is 0 Å². The summed E-state index contributed by atoms with van der Waals surface area (Å²) in [5.41, 5.74) is 1.14. The van der Waals surface area contributed by atoms with Crippen LogP contribution >= 0.6 is 0 Å². The van der Waals surface area contributed by atoms with Crippen molar-refractivity contribution in [2.75, 3.05) is 29.5 Å². The van der Waals surface area contributed by atoms with Gasteiger partial charge >= 0.3 is 0 Å². The van der Waals surface area contributed by atoms with E-state index in [1.807, 2.05) is 83.1 Å². The molecule has 1 N–H and O–H groups in total. The Hall–Kier alpha value is -3.75. The van der Waals surface area contributed by atoms with Gasteiger partial charge < -0.3 is 24.5 Å². The van der Waals surface area contributed by atoms with E-state index in [0.717, 1.165) is 16.8 Å². The SMILES string of the molecule is C=CCN(C(=O)[C@@H]1[C@H]2C(=O)N([C@@H](CC)CO)C(C(=O)N(CC=C)c3cc(C)ccc3C)C23CC(C)[C@@]1(C)O3)c1ccccc1. The number of benzene rings is 2. The zero-order valence-corrected chi connectivity index (χ0v) is 26.5. The molecule has 5 rings (SSSR count). The Morgan fingerprint density at radius 1 is 1.09 bits per heavy atom. The predicted molar refractivity (Wildman–Crippen MR) is 172 cm³/mol. The van der Waals surface area contributed by atoms with Crippen molar-refractivity contribution in [1.82, 2.24) is 4.90 Å². The summed E-state index contributed by atoms with van der Waals surface area (Å²) < 4.78 is 6.98. The maximum absolute atomic E-state index is 15.0. The van der Waals surface area contributed by atoms with E-state index in [0.29, 0.717) is 18.5 Å². The van der Waals surface area contributed by atoms with Crippen LogP contribution in [-0.4, -0.2) is 70.7 Å². The van der Waals surface area contributed by atoms with Crippen molar-refractivity contribution < 1.29 is 24.2 Å². The maximum atomic E-state index is 15.0. The predicted octanol–water partition coefficient (Wildman–Crippen LogP) is 4.82. The van der Waals surface area contributed by atoms with Gasteiger partial charge in [-0.05, 0) is 68.9 Å². The third-order valence-corrected chi connectivity index (χ3v) is 10.2. The van der Waals surface area contributed by atoms with Crippen LogP contribution in [0.4, 0.5) is 11.4 Å². The lowest BCUT2D eigenvalue weighted by Gasteiger charge is -2.39. The average Bonchev–Trinajstić information content (AvgIpc) is 3.53. The number of aliphatic hydroxyl groups excluding tert-OH is 1. The molecule has 0 radical (unpaired) electrons. The lowest BCUT2D eigenvalue weighted by molar-refractivity contribution is -0.149. The number of likely N-dealkylation sites (tertiary alicyclic amines) is 1. The Morgan fingerprint density at radius 3 is 2.36 bits per heavy atom. The summed E-state index contributed by atoms with van der Waals surface area (Å²) in [6.45, 7) is 17.8. The molecular formula is C36H45N3O5. The number of fused-ring (bicyclic) bond motifs is 1. The van der Waals surface area contributed by atoms with Crippen molar-refractivity contribution in [2.45, 2.75) is 70.7 Å². The van der Waals surface area contributed by atoms with Gasteiger partial charge in [-0.1, -0.05) is 56.3 Å². The molecule has 3 amide bonds. The number of rotatable bonds is 11. The van der Waals surface area contributed by atoms with E-state index in [-0.39, 0.29) is 43.3 Å². The van der Waals surface area contributed by atoms with E-state index < -0.39 is 35.1 Å². The van der Waals surface area contributed by atoms with Gasteiger partial charge in [0.15, 0.2) is 0 Å². The summed E-state index contributed by atoms with van der Waals surface area (Å²) >= 11 is 0. The van der Waals surface area contributed by atoms with Crippen LogP contribution in [0.3, 0.4) is 0 Å². The summed E-state index contributed by atoms with van der Waals surface area (Å²) in [4.78, 5) is 49.2. The van der Waals surface area contributed by atoms with Gasteiger partial charge in [0.25, 0.3) is 5.91 Å². The number of anilines is 2. The highest BCUT2D eigenvalue weighted by Crippen LogP contribution is 2.66. The van der Waals surface area contributed by atoms with Crippen molar-refractivity contribution in [3.8, 4) is 0 Å². The van der Waals surface area contributed by atoms with Gasteiger partial charge in [0, 0.05) is 24.5 Å². The Bertz CT molecular complexity index is 1450. The van der Waals surface area contributed by atoms with E-state index in [2.05, 4.69) is 13.2 Å². The molecule has 3 aliphatic heterocycles. The fourth-order valence-corrected chi connectivity index (χ4v) is 7.96. The van der Waals surface area contributed by atoms with Crippen LogP contribution in [0, 0.1) is 31.6 Å². The van der Waals surface area contributed by atoms with Crippen molar-refractivity contribution in [3.05, 3.63) is 85.0 Å². The van der Waals surface area contributed by atoms with Crippen molar-refractivity contribution in [2.24, 2.45) is 17.8 Å². The second-order valence-corrected chi connectivity index (χ2v) is 12.8. The molecule has 44 heavy (non-hydrogen) atoms. The maximum Gasteiger partial charge on any atom is 0.253 e. The molecule has 8 nitrogen and oxygen atoms in total. The van der Waals surface area contributed by atoms with E-state index >= 15 is 0 Å². The van der Waals surface area contributed by atoms with Crippen LogP contribution in [0.2, 0.25) is 0 Å². The van der Waals surface area contributed by atoms with Crippen LogP contribution in [0.5, 0.6) is 0 Å². The molecule has 1 spiro atoms. The zero-order valence-electron chi connectivity index (χ0n) is 26.5. The Balaban J connectivity index is 1.67. The fraction of sp³-hybridized carbons (Fsp3) is 0.472. The molecule has 3 unspecified atom stereocenters. The molecular weight excluding hydrogens is 554 g/mol. The number of para-hydroxylation sites is 1. The third-order valence-electron chi connectivity index (χ3n) is 10.2. The molecule has 0 saturated carbocycles. The molecule has 7 atom stereocenters. The van der Waals surface area contributed by atoms with E-state index in [4.69, 9.17) is 4.74 Å². The highest BCUT2D eigenvalue weighted by Gasteiger charge is 2.80. The Labute approximate surface area is 261 Å². The molecule has 2 aromatic rings. The van der Waals surface area contributed by atoms with Crippen molar-refractivity contribution in [3.63, 3.8) is 0 Å². The highest BCUT2D eigenvalue weighted by molar-refractivity contribution is 6.07. The quantitative estimate of drug-likeness (QED) is 0.374. The number of carbonyl (C=O) groups excluding carboxylic acids is 3. The number of nitrogens with zero attached hydrogens (tertiary/aromatic N) is 3. The molecule has 3 fully saturated rings. The molecule has 2 aromatic carbocycles. The smallest absolute Gasteiger partial charge is 0.253 e. The number of carbonyl (C=O) groups is 3.